The minimum Gasteiger partial charge on any atom is -0.338 e. The summed E-state index contributed by atoms with van der Waals surface area (Å²) in [6.45, 7) is 13.5. The maximum absolute atomic E-state index is 11.7. The third kappa shape index (κ3) is 10.3. The van der Waals surface area contributed by atoms with Crippen LogP contribution in [0.5, 0.6) is 0 Å². The molecule has 0 saturated carbocycles. The fourth-order valence-electron chi connectivity index (χ4n) is 13.9. The summed E-state index contributed by atoms with van der Waals surface area (Å²) in [4.78, 5) is 36.4. The zero-order valence-electron chi connectivity index (χ0n) is 46.9. The van der Waals surface area contributed by atoms with Gasteiger partial charge in [0.05, 0.1) is 20.7 Å². The number of thiophene rings is 4. The number of fused-ring (bicyclic) bond motifs is 6. The van der Waals surface area contributed by atoms with Gasteiger partial charge in [-0.2, -0.15) is 0 Å². The number of carbonyl (C=O) groups excluding carboxylic acids is 2. The van der Waals surface area contributed by atoms with E-state index in [1.54, 1.807) is 33.8 Å². The summed E-state index contributed by atoms with van der Waals surface area (Å²) in [7, 11) is 0. The van der Waals surface area contributed by atoms with Crippen molar-refractivity contribution in [2.45, 2.75) is 154 Å². The van der Waals surface area contributed by atoms with Gasteiger partial charge in [-0.05, 0) is 156 Å². The zero-order chi connectivity index (χ0) is 54.7. The summed E-state index contributed by atoms with van der Waals surface area (Å²) in [6, 6.07) is 41.6. The highest BCUT2D eigenvalue weighted by Gasteiger charge is 2.50. The van der Waals surface area contributed by atoms with Crippen molar-refractivity contribution < 1.29 is 9.59 Å². The fourth-order valence-corrected chi connectivity index (χ4v) is 19.5. The van der Waals surface area contributed by atoms with Gasteiger partial charge in [-0.15, -0.1) is 57.1 Å². The Morgan fingerprint density at radius 2 is 1.27 bits per heavy atom. The lowest BCUT2D eigenvalue weighted by Gasteiger charge is -2.43. The number of aldehydes is 2. The number of carbonyl (C=O) groups is 2. The standard InChI is InChI=1S/C69H69NO2S5.C2H6/c1-5-9-37-68(36-8-4)56-18-14-12-16-51(56)53-28-24-47(40-58(53)68)70(48-25-29-54-52-17-13-15-19-57(52)69(38-10-6-2,39-11-7-3)59(54)41-48)46-22-20-45(21-23-46)66-42-55(60-32-33-63(75-60)61-30-26-49(43-71)73-61)67(77-66)65-35-34-64(76-65)62-31-27-50(44-72)74-62;1-2/h12-22,24-32,34-35,41-44,46,58,63H,5-11,23,33,36-40H2,1-4H3;1-2H3. The van der Waals surface area contributed by atoms with Crippen LogP contribution in [-0.4, -0.2) is 18.6 Å². The minimum atomic E-state index is 0.00206. The van der Waals surface area contributed by atoms with Gasteiger partial charge in [0.2, 0.25) is 0 Å². The number of hydrogen-bond acceptors (Lipinski definition) is 8. The maximum Gasteiger partial charge on any atom is 0.160 e. The van der Waals surface area contributed by atoms with Gasteiger partial charge in [-0.25, -0.2) is 0 Å². The molecule has 4 atom stereocenters. The Kier molecular flexibility index (Phi) is 17.2. The molecule has 12 rings (SSSR count). The second-order valence-corrected chi connectivity index (χ2v) is 27.6. The van der Waals surface area contributed by atoms with Gasteiger partial charge in [-0.3, -0.25) is 9.59 Å². The van der Waals surface area contributed by atoms with Gasteiger partial charge in [0.15, 0.2) is 12.6 Å². The normalized spacial score (nSPS) is 20.3. The zero-order valence-corrected chi connectivity index (χ0v) is 51.0. The molecule has 406 valence electrons. The number of anilines is 1. The van der Waals surface area contributed by atoms with Crippen LogP contribution in [0.15, 0.2) is 151 Å². The van der Waals surface area contributed by atoms with Crippen molar-refractivity contribution in [2.24, 2.45) is 5.92 Å². The Hall–Kier alpha value is -5.35. The quantitative estimate of drug-likeness (QED) is 0.0672. The summed E-state index contributed by atoms with van der Waals surface area (Å²) in [5.74, 6) is 0.432. The summed E-state index contributed by atoms with van der Waals surface area (Å²) < 4.78 is 0. The monoisotopic (exact) mass is 1130 g/mol. The van der Waals surface area contributed by atoms with Crippen LogP contribution in [0.2, 0.25) is 0 Å². The van der Waals surface area contributed by atoms with E-state index in [1.165, 1.54) is 150 Å². The largest absolute Gasteiger partial charge is 0.338 e. The van der Waals surface area contributed by atoms with E-state index in [0.29, 0.717) is 11.2 Å². The van der Waals surface area contributed by atoms with Crippen molar-refractivity contribution >= 4 is 91.4 Å². The Balaban J connectivity index is 0.00000326. The number of unbranched alkanes of at least 4 members (excludes halogenated alkanes) is 3. The van der Waals surface area contributed by atoms with E-state index in [1.807, 2.05) is 60.4 Å². The first-order valence-corrected chi connectivity index (χ1v) is 33.6. The molecule has 5 heterocycles. The molecular formula is C71H75NO2S5. The predicted octanol–water partition coefficient (Wildman–Crippen LogP) is 22.2. The number of thioether (sulfide) groups is 1. The molecular weight excluding hydrogens is 1060 g/mol. The van der Waals surface area contributed by atoms with Gasteiger partial charge in [-0.1, -0.05) is 171 Å². The molecule has 0 fully saturated rings. The Labute approximate surface area is 491 Å². The number of rotatable bonds is 21. The smallest absolute Gasteiger partial charge is 0.160 e. The number of benzene rings is 3. The second-order valence-electron chi connectivity index (χ2n) is 22.0. The van der Waals surface area contributed by atoms with Crippen molar-refractivity contribution in [1.82, 2.24) is 0 Å². The molecule has 0 spiro atoms. The van der Waals surface area contributed by atoms with Crippen LogP contribution in [-0.2, 0) is 10.8 Å². The second kappa shape index (κ2) is 24.4. The van der Waals surface area contributed by atoms with E-state index in [9.17, 15) is 9.59 Å². The molecule has 1 aliphatic heterocycles. The minimum absolute atomic E-state index is 0.00206. The van der Waals surface area contributed by atoms with Crippen molar-refractivity contribution in [3.8, 4) is 30.6 Å². The lowest BCUT2D eigenvalue weighted by molar-refractivity contribution is 0.111. The highest BCUT2D eigenvalue weighted by Crippen LogP contribution is 2.61. The summed E-state index contributed by atoms with van der Waals surface area (Å²) in [5, 5.41) is 0.293. The first-order valence-electron chi connectivity index (χ1n) is 29.5. The van der Waals surface area contributed by atoms with Crippen LogP contribution >= 0.6 is 57.1 Å². The Morgan fingerprint density at radius 1 is 0.582 bits per heavy atom. The SMILES string of the molecule is CC.CCCCC1(CCCC)c2ccccc2-c2ccc(N(C3=CC=C4c5ccccc5C(CCC)(CCCC)C4C3)C3C=CC(c4cc(C5=CCC(c6ccc(C=O)s6)S5)c(-c5ccc(-c6ccc(C=O)s6)s5)s4)=CC3)cc21. The molecule has 4 aromatic heterocycles. The van der Waals surface area contributed by atoms with Crippen molar-refractivity contribution in [1.29, 1.82) is 0 Å². The maximum atomic E-state index is 11.7. The molecule has 0 bridgehead atoms. The van der Waals surface area contributed by atoms with Crippen LogP contribution in [0.25, 0.3) is 46.7 Å². The van der Waals surface area contributed by atoms with Crippen LogP contribution in [0, 0.1) is 5.92 Å². The van der Waals surface area contributed by atoms with Crippen LogP contribution in [0.4, 0.5) is 5.69 Å². The van der Waals surface area contributed by atoms with Crippen molar-refractivity contribution in [2.75, 3.05) is 4.90 Å². The Morgan fingerprint density at radius 3 is 1.99 bits per heavy atom. The lowest BCUT2D eigenvalue weighted by atomic mass is 9.65. The molecule has 0 radical (unpaired) electrons. The van der Waals surface area contributed by atoms with E-state index >= 15 is 0 Å². The molecule has 0 saturated heterocycles. The first-order chi connectivity index (χ1) is 38.8. The number of allylic oxidation sites excluding steroid dienone is 7. The number of hydrogen-bond donors (Lipinski definition) is 0. The molecule has 3 nitrogen and oxygen atoms in total. The number of nitrogens with zero attached hydrogens (tertiary/aromatic N) is 1. The van der Waals surface area contributed by atoms with E-state index < -0.39 is 0 Å². The highest BCUT2D eigenvalue weighted by molar-refractivity contribution is 8.08. The first kappa shape index (κ1) is 55.6. The molecule has 0 N–H and O–H groups in total. The molecule has 0 amide bonds. The topological polar surface area (TPSA) is 37.4 Å². The molecule has 5 aliphatic rings. The average Bonchev–Trinajstić information content (AvgIpc) is 4.29. The molecule has 8 heteroatoms. The van der Waals surface area contributed by atoms with E-state index in [0.717, 1.165) is 46.5 Å². The third-order valence-corrected chi connectivity index (χ3v) is 23.8. The van der Waals surface area contributed by atoms with Crippen LogP contribution in [0.1, 0.15) is 194 Å². The molecule has 4 aliphatic carbocycles. The van der Waals surface area contributed by atoms with Crippen molar-refractivity contribution in [3.05, 3.63) is 199 Å². The van der Waals surface area contributed by atoms with Crippen molar-refractivity contribution in [3.63, 3.8) is 0 Å². The highest BCUT2D eigenvalue weighted by atomic mass is 32.2. The van der Waals surface area contributed by atoms with Crippen LogP contribution < -0.4 is 4.90 Å². The molecule has 79 heavy (non-hydrogen) atoms. The lowest BCUT2D eigenvalue weighted by Crippen LogP contribution is -2.39. The summed E-state index contributed by atoms with van der Waals surface area (Å²) in [6.07, 6.45) is 33.0. The average molecular weight is 1130 g/mol. The van der Waals surface area contributed by atoms with Gasteiger partial charge < -0.3 is 4.90 Å². The van der Waals surface area contributed by atoms with E-state index in [-0.39, 0.29) is 16.9 Å². The predicted molar refractivity (Wildman–Crippen MR) is 347 cm³/mol. The molecule has 4 unspecified atom stereocenters. The summed E-state index contributed by atoms with van der Waals surface area (Å²) in [5.41, 5.74) is 16.0. The van der Waals surface area contributed by atoms with E-state index in [4.69, 9.17) is 0 Å². The summed E-state index contributed by atoms with van der Waals surface area (Å²) >= 11 is 8.83. The fraction of sp³-hybridized carbons (Fsp3) is 0.352. The molecule has 7 aromatic rings. The third-order valence-electron chi connectivity index (χ3n) is 17.5. The van der Waals surface area contributed by atoms with Gasteiger partial charge in [0.1, 0.15) is 0 Å². The van der Waals surface area contributed by atoms with Crippen LogP contribution in [0.3, 0.4) is 0 Å². The van der Waals surface area contributed by atoms with E-state index in [2.05, 4.69) is 166 Å². The Bertz CT molecular complexity index is 3500. The van der Waals surface area contributed by atoms with Gasteiger partial charge >= 0.3 is 0 Å². The molecule has 3 aromatic carbocycles. The van der Waals surface area contributed by atoms with Gasteiger partial charge in [0, 0.05) is 62.3 Å². The van der Waals surface area contributed by atoms with Gasteiger partial charge in [0.25, 0.3) is 0 Å².